The van der Waals surface area contributed by atoms with E-state index in [2.05, 4.69) is 33.9 Å². The van der Waals surface area contributed by atoms with E-state index in [1.54, 1.807) is 0 Å². The van der Waals surface area contributed by atoms with Crippen molar-refractivity contribution in [1.29, 1.82) is 0 Å². The minimum atomic E-state index is -3.20. The fourth-order valence-electron chi connectivity index (χ4n) is 4.00. The monoisotopic (exact) mass is 352 g/mol. The zero-order valence-electron chi connectivity index (χ0n) is 14.4. The van der Waals surface area contributed by atoms with Crippen molar-refractivity contribution < 1.29 is 13.2 Å². The van der Waals surface area contributed by atoms with Crippen molar-refractivity contribution in [3.63, 3.8) is 0 Å². The van der Waals surface area contributed by atoms with Crippen molar-refractivity contribution in [2.45, 2.75) is 31.7 Å². The van der Waals surface area contributed by atoms with Gasteiger partial charge in [-0.05, 0) is 49.8 Å². The average Bonchev–Trinajstić information content (AvgIpc) is 2.56. The molecule has 2 aliphatic heterocycles. The van der Waals surface area contributed by atoms with Gasteiger partial charge in [0.15, 0.2) is 0 Å². The van der Waals surface area contributed by atoms with Crippen LogP contribution in [0.15, 0.2) is 30.3 Å². The van der Waals surface area contributed by atoms with Crippen LogP contribution in [0.1, 0.15) is 24.8 Å². The standard InChI is InChI=1S/C18H28N2O3S/c1-24(21,22)19-17-15-23-14-10-18(17)8-12-20(13-9-18)11-7-16-5-3-2-4-6-16/h2-6,17,19H,7-15H2,1H3. The highest BCUT2D eigenvalue weighted by atomic mass is 32.2. The van der Waals surface area contributed by atoms with Crippen LogP contribution in [0.3, 0.4) is 0 Å². The Hall–Kier alpha value is -0.950. The molecule has 6 heteroatoms. The average molecular weight is 353 g/mol. The van der Waals surface area contributed by atoms with Gasteiger partial charge in [-0.15, -0.1) is 0 Å². The van der Waals surface area contributed by atoms with Gasteiger partial charge in [-0.1, -0.05) is 30.3 Å². The van der Waals surface area contributed by atoms with Crippen LogP contribution < -0.4 is 4.72 Å². The van der Waals surface area contributed by atoms with E-state index in [0.29, 0.717) is 6.61 Å². The molecule has 1 unspecified atom stereocenters. The molecule has 0 bridgehead atoms. The maximum Gasteiger partial charge on any atom is 0.209 e. The molecule has 2 aliphatic rings. The Labute approximate surface area is 145 Å². The summed E-state index contributed by atoms with van der Waals surface area (Å²) >= 11 is 0. The van der Waals surface area contributed by atoms with Gasteiger partial charge in [-0.25, -0.2) is 13.1 Å². The lowest BCUT2D eigenvalue weighted by Gasteiger charge is -2.49. The number of hydrogen-bond donors (Lipinski definition) is 1. The first-order valence-corrected chi connectivity index (χ1v) is 10.7. The van der Waals surface area contributed by atoms with Crippen LogP contribution in [0.2, 0.25) is 0 Å². The Bertz CT molecular complexity index is 625. The SMILES string of the molecule is CS(=O)(=O)NC1COCCC12CCN(CCc1ccccc1)CC2. The first kappa shape index (κ1) is 17.9. The van der Waals surface area contributed by atoms with Crippen molar-refractivity contribution in [2.24, 2.45) is 5.41 Å². The summed E-state index contributed by atoms with van der Waals surface area (Å²) in [6.45, 7) is 4.38. The second-order valence-corrected chi connectivity index (χ2v) is 8.99. The lowest BCUT2D eigenvalue weighted by atomic mass is 9.69. The summed E-state index contributed by atoms with van der Waals surface area (Å²) < 4.78 is 31.7. The summed E-state index contributed by atoms with van der Waals surface area (Å²) in [5.41, 5.74) is 1.44. The fourth-order valence-corrected chi connectivity index (χ4v) is 4.83. The molecule has 2 heterocycles. The zero-order valence-corrected chi connectivity index (χ0v) is 15.2. The summed E-state index contributed by atoms with van der Waals surface area (Å²) in [6.07, 6.45) is 5.34. The van der Waals surface area contributed by atoms with Gasteiger partial charge in [0.05, 0.1) is 18.9 Å². The van der Waals surface area contributed by atoms with Crippen LogP contribution in [-0.4, -0.2) is 58.5 Å². The molecule has 5 nitrogen and oxygen atoms in total. The Morgan fingerprint density at radius 1 is 1.21 bits per heavy atom. The van der Waals surface area contributed by atoms with E-state index in [9.17, 15) is 8.42 Å². The highest BCUT2D eigenvalue weighted by molar-refractivity contribution is 7.88. The number of nitrogens with one attached hydrogen (secondary N) is 1. The number of likely N-dealkylation sites (tertiary alicyclic amines) is 1. The molecule has 3 rings (SSSR count). The molecule has 1 N–H and O–H groups in total. The van der Waals surface area contributed by atoms with Crippen molar-refractivity contribution >= 4 is 10.0 Å². The lowest BCUT2D eigenvalue weighted by molar-refractivity contribution is -0.0432. The van der Waals surface area contributed by atoms with Crippen LogP contribution in [0.4, 0.5) is 0 Å². The number of sulfonamides is 1. The normalized spacial score (nSPS) is 25.0. The summed E-state index contributed by atoms with van der Waals surface area (Å²) in [5, 5.41) is 0. The fraction of sp³-hybridized carbons (Fsp3) is 0.667. The number of hydrogen-bond acceptors (Lipinski definition) is 4. The molecule has 1 aromatic rings. The van der Waals surface area contributed by atoms with Crippen molar-refractivity contribution in [1.82, 2.24) is 9.62 Å². The molecule has 0 aromatic heterocycles. The Morgan fingerprint density at radius 2 is 1.92 bits per heavy atom. The second-order valence-electron chi connectivity index (χ2n) is 7.21. The predicted molar refractivity (Wildman–Crippen MR) is 95.5 cm³/mol. The maximum atomic E-state index is 11.7. The van der Waals surface area contributed by atoms with E-state index in [-0.39, 0.29) is 11.5 Å². The number of rotatable bonds is 5. The molecule has 1 atom stereocenters. The van der Waals surface area contributed by atoms with Gasteiger partial charge >= 0.3 is 0 Å². The highest BCUT2D eigenvalue weighted by Gasteiger charge is 2.44. The third-order valence-electron chi connectivity index (χ3n) is 5.54. The minimum Gasteiger partial charge on any atom is -0.380 e. The van der Waals surface area contributed by atoms with Gasteiger partial charge in [-0.3, -0.25) is 0 Å². The summed E-state index contributed by atoms with van der Waals surface area (Å²) in [5.74, 6) is 0. The maximum absolute atomic E-state index is 11.7. The molecule has 2 saturated heterocycles. The van der Waals surface area contributed by atoms with E-state index < -0.39 is 10.0 Å². The van der Waals surface area contributed by atoms with Gasteiger partial charge in [0, 0.05) is 13.2 Å². The number of benzene rings is 1. The third-order valence-corrected chi connectivity index (χ3v) is 6.25. The van der Waals surface area contributed by atoms with E-state index in [4.69, 9.17) is 4.74 Å². The Balaban J connectivity index is 1.56. The van der Waals surface area contributed by atoms with E-state index in [1.165, 1.54) is 11.8 Å². The number of piperidine rings is 1. The molecular weight excluding hydrogens is 324 g/mol. The zero-order chi connectivity index (χ0) is 17.0. The Kier molecular flexibility index (Phi) is 5.59. The second kappa shape index (κ2) is 7.52. The molecule has 0 amide bonds. The van der Waals surface area contributed by atoms with Crippen LogP contribution in [0.5, 0.6) is 0 Å². The quantitative estimate of drug-likeness (QED) is 0.875. The molecule has 0 saturated carbocycles. The van der Waals surface area contributed by atoms with Crippen molar-refractivity contribution in [3.05, 3.63) is 35.9 Å². The van der Waals surface area contributed by atoms with Crippen LogP contribution in [0.25, 0.3) is 0 Å². The largest absolute Gasteiger partial charge is 0.380 e. The minimum absolute atomic E-state index is 0.0601. The van der Waals surface area contributed by atoms with Gasteiger partial charge in [0.1, 0.15) is 0 Å². The third kappa shape index (κ3) is 4.57. The van der Waals surface area contributed by atoms with Gasteiger partial charge in [0.2, 0.25) is 10.0 Å². The van der Waals surface area contributed by atoms with Crippen molar-refractivity contribution in [2.75, 3.05) is 39.1 Å². The summed E-state index contributed by atoms with van der Waals surface area (Å²) in [7, 11) is -3.20. The van der Waals surface area contributed by atoms with E-state index >= 15 is 0 Å². The number of ether oxygens (including phenoxy) is 1. The van der Waals surface area contributed by atoms with Gasteiger partial charge in [-0.2, -0.15) is 0 Å². The molecule has 1 aromatic carbocycles. The van der Waals surface area contributed by atoms with Crippen molar-refractivity contribution in [3.8, 4) is 0 Å². The topological polar surface area (TPSA) is 58.6 Å². The molecule has 2 fully saturated rings. The molecule has 24 heavy (non-hydrogen) atoms. The highest BCUT2D eigenvalue weighted by Crippen LogP contribution is 2.41. The van der Waals surface area contributed by atoms with Crippen LogP contribution >= 0.6 is 0 Å². The first-order valence-electron chi connectivity index (χ1n) is 8.78. The van der Waals surface area contributed by atoms with Crippen LogP contribution in [-0.2, 0) is 21.2 Å². The smallest absolute Gasteiger partial charge is 0.209 e. The molecule has 0 radical (unpaired) electrons. The molecular formula is C18H28N2O3S. The summed E-state index contributed by atoms with van der Waals surface area (Å²) in [6, 6.07) is 10.5. The molecule has 0 aliphatic carbocycles. The molecule has 1 spiro atoms. The predicted octanol–water partition coefficient (Wildman–Crippen LogP) is 1.65. The van der Waals surface area contributed by atoms with Crippen LogP contribution in [0, 0.1) is 5.41 Å². The van der Waals surface area contributed by atoms with E-state index in [0.717, 1.165) is 51.9 Å². The lowest BCUT2D eigenvalue weighted by Crippen LogP contribution is -2.57. The molecule has 134 valence electrons. The summed E-state index contributed by atoms with van der Waals surface area (Å²) in [4.78, 5) is 2.51. The first-order chi connectivity index (χ1) is 11.5. The number of nitrogens with zero attached hydrogens (tertiary/aromatic N) is 1. The van der Waals surface area contributed by atoms with Gasteiger partial charge in [0.25, 0.3) is 0 Å². The van der Waals surface area contributed by atoms with Gasteiger partial charge < -0.3 is 9.64 Å². The van der Waals surface area contributed by atoms with E-state index in [1.807, 2.05) is 6.07 Å². The Morgan fingerprint density at radius 3 is 2.58 bits per heavy atom.